The Morgan fingerprint density at radius 2 is 0.482 bits per heavy atom. The predicted molar refractivity (Wildman–Crippen MR) is 245 cm³/mol. The Bertz CT molecular complexity index is 2620. The first-order valence-electron chi connectivity index (χ1n) is 20.2. The fourth-order valence-electron chi connectivity index (χ4n) is 10.4. The van der Waals surface area contributed by atoms with E-state index in [1.165, 1.54) is 144 Å². The summed E-state index contributed by atoms with van der Waals surface area (Å²) in [4.78, 5) is 0. The molecule has 0 heterocycles. The van der Waals surface area contributed by atoms with Crippen LogP contribution >= 0.6 is 0 Å². The van der Waals surface area contributed by atoms with E-state index in [4.69, 9.17) is 0 Å². The van der Waals surface area contributed by atoms with Crippen LogP contribution in [0.5, 0.6) is 0 Å². The zero-order chi connectivity index (χ0) is 39.7. The van der Waals surface area contributed by atoms with E-state index in [0.717, 1.165) is 0 Å². The van der Waals surface area contributed by atoms with Gasteiger partial charge in [-0.2, -0.15) is 0 Å². The standard InChI is InChI=1S/C56H54/c1-31-19-35(5)53(36(6)20-31)47-17-13-15-45-49(47)27-43(29-51(45)55-39(9)23-33(3)24-40(55)10)44-28-50-46(52(30-44)56-41(11)25-34(4)26-42(56)12)16-14-18-48(50)54-37(7)21-32(2)22-38(54)8/h13-30H,1-12H3. The molecule has 0 amide bonds. The van der Waals surface area contributed by atoms with E-state index >= 15 is 0 Å². The van der Waals surface area contributed by atoms with Gasteiger partial charge in [-0.25, -0.2) is 0 Å². The van der Waals surface area contributed by atoms with Crippen molar-refractivity contribution in [3.05, 3.63) is 176 Å². The minimum atomic E-state index is 1.24. The molecule has 0 aliphatic carbocycles. The molecule has 0 aliphatic rings. The molecule has 0 spiro atoms. The smallest absolute Gasteiger partial charge is 0.00928 e. The lowest BCUT2D eigenvalue weighted by molar-refractivity contribution is 1.32. The van der Waals surface area contributed by atoms with Crippen LogP contribution in [-0.2, 0) is 0 Å². The average Bonchev–Trinajstić information content (AvgIpc) is 3.10. The maximum Gasteiger partial charge on any atom is -0.00928 e. The molecular weight excluding hydrogens is 673 g/mol. The van der Waals surface area contributed by atoms with Gasteiger partial charge in [-0.15, -0.1) is 0 Å². The molecule has 8 aromatic rings. The molecule has 8 aromatic carbocycles. The summed E-state index contributed by atoms with van der Waals surface area (Å²) < 4.78 is 0. The third kappa shape index (κ3) is 6.36. The van der Waals surface area contributed by atoms with Gasteiger partial charge in [0.15, 0.2) is 0 Å². The van der Waals surface area contributed by atoms with Crippen LogP contribution in [0.25, 0.3) is 77.2 Å². The van der Waals surface area contributed by atoms with Gasteiger partial charge >= 0.3 is 0 Å². The minimum Gasteiger partial charge on any atom is -0.0610 e. The number of rotatable bonds is 5. The quantitative estimate of drug-likeness (QED) is 0.166. The first kappa shape index (κ1) is 37.2. The lowest BCUT2D eigenvalue weighted by Gasteiger charge is -2.22. The molecule has 0 atom stereocenters. The zero-order valence-corrected chi connectivity index (χ0v) is 35.4. The van der Waals surface area contributed by atoms with Gasteiger partial charge in [-0.05, 0) is 229 Å². The highest BCUT2D eigenvalue weighted by molar-refractivity contribution is 6.11. The molecule has 0 nitrogen and oxygen atoms in total. The molecule has 0 radical (unpaired) electrons. The monoisotopic (exact) mass is 726 g/mol. The number of hydrogen-bond donors (Lipinski definition) is 0. The van der Waals surface area contributed by atoms with E-state index in [-0.39, 0.29) is 0 Å². The Morgan fingerprint density at radius 1 is 0.232 bits per heavy atom. The molecule has 0 N–H and O–H groups in total. The van der Waals surface area contributed by atoms with Gasteiger partial charge in [0.05, 0.1) is 0 Å². The number of benzene rings is 8. The first-order valence-corrected chi connectivity index (χ1v) is 20.2. The molecule has 0 aliphatic heterocycles. The summed E-state index contributed by atoms with van der Waals surface area (Å²) in [7, 11) is 0. The molecule has 0 unspecified atom stereocenters. The van der Waals surface area contributed by atoms with Crippen molar-refractivity contribution in [2.24, 2.45) is 0 Å². The Balaban J connectivity index is 1.54. The van der Waals surface area contributed by atoms with Crippen molar-refractivity contribution in [3.8, 4) is 55.6 Å². The number of aryl methyl sites for hydroxylation is 12. The third-order valence-corrected chi connectivity index (χ3v) is 12.1. The van der Waals surface area contributed by atoms with Crippen LogP contribution < -0.4 is 0 Å². The first-order chi connectivity index (χ1) is 26.7. The van der Waals surface area contributed by atoms with Crippen LogP contribution in [0, 0.1) is 83.1 Å². The van der Waals surface area contributed by atoms with Crippen LogP contribution in [0.15, 0.2) is 109 Å². The molecule has 56 heavy (non-hydrogen) atoms. The van der Waals surface area contributed by atoms with Crippen molar-refractivity contribution >= 4 is 21.5 Å². The van der Waals surface area contributed by atoms with Crippen LogP contribution in [0.1, 0.15) is 66.8 Å². The Morgan fingerprint density at radius 3 is 0.750 bits per heavy atom. The average molecular weight is 727 g/mol. The van der Waals surface area contributed by atoms with Gasteiger partial charge in [-0.3, -0.25) is 0 Å². The van der Waals surface area contributed by atoms with E-state index in [2.05, 4.69) is 192 Å². The topological polar surface area (TPSA) is 0 Å². The zero-order valence-electron chi connectivity index (χ0n) is 35.4. The summed E-state index contributed by atoms with van der Waals surface area (Å²) in [5, 5.41) is 5.16. The van der Waals surface area contributed by atoms with Crippen LogP contribution in [0.3, 0.4) is 0 Å². The third-order valence-electron chi connectivity index (χ3n) is 12.1. The lowest BCUT2D eigenvalue weighted by Crippen LogP contribution is -1.97. The highest BCUT2D eigenvalue weighted by Gasteiger charge is 2.21. The normalized spacial score (nSPS) is 11.6. The highest BCUT2D eigenvalue weighted by atomic mass is 14.2. The number of hydrogen-bond acceptors (Lipinski definition) is 0. The summed E-state index contributed by atoms with van der Waals surface area (Å²) in [6, 6.07) is 42.5. The van der Waals surface area contributed by atoms with Gasteiger partial charge in [0, 0.05) is 0 Å². The van der Waals surface area contributed by atoms with Crippen LogP contribution in [0.4, 0.5) is 0 Å². The highest BCUT2D eigenvalue weighted by Crippen LogP contribution is 2.46. The van der Waals surface area contributed by atoms with Crippen molar-refractivity contribution < 1.29 is 0 Å². The van der Waals surface area contributed by atoms with Crippen LogP contribution in [0.2, 0.25) is 0 Å². The second-order valence-corrected chi connectivity index (χ2v) is 16.9. The van der Waals surface area contributed by atoms with Crippen molar-refractivity contribution in [1.29, 1.82) is 0 Å². The van der Waals surface area contributed by atoms with E-state index in [0.29, 0.717) is 0 Å². The Labute approximate surface area is 334 Å². The van der Waals surface area contributed by atoms with Crippen molar-refractivity contribution in [1.82, 2.24) is 0 Å². The lowest BCUT2D eigenvalue weighted by atomic mass is 9.82. The second-order valence-electron chi connectivity index (χ2n) is 16.9. The molecule has 0 aromatic heterocycles. The SMILES string of the molecule is Cc1cc(C)c(-c2cc(-c3cc(-c4c(C)cc(C)cc4C)c4cccc(-c5c(C)cc(C)cc5C)c4c3)cc3c(-c4c(C)cc(C)cc4C)cccc23)c(C)c1. The summed E-state index contributed by atoms with van der Waals surface area (Å²) in [5.74, 6) is 0. The van der Waals surface area contributed by atoms with E-state index in [1.54, 1.807) is 0 Å². The summed E-state index contributed by atoms with van der Waals surface area (Å²) in [6.45, 7) is 27.0. The fraction of sp³-hybridized carbons (Fsp3) is 0.214. The van der Waals surface area contributed by atoms with Gasteiger partial charge in [0.1, 0.15) is 0 Å². The molecular formula is C56H54. The minimum absolute atomic E-state index is 1.24. The maximum absolute atomic E-state index is 2.48. The molecule has 278 valence electrons. The molecule has 0 saturated heterocycles. The summed E-state index contributed by atoms with van der Waals surface area (Å²) in [5.41, 5.74) is 28.7. The molecule has 8 rings (SSSR count). The van der Waals surface area contributed by atoms with E-state index in [1.807, 2.05) is 0 Å². The second kappa shape index (κ2) is 14.1. The molecule has 0 heteroatoms. The Hall–Kier alpha value is -5.72. The largest absolute Gasteiger partial charge is 0.0610 e. The maximum atomic E-state index is 2.48. The number of fused-ring (bicyclic) bond motifs is 2. The van der Waals surface area contributed by atoms with Gasteiger partial charge in [0.2, 0.25) is 0 Å². The summed E-state index contributed by atoms with van der Waals surface area (Å²) in [6.07, 6.45) is 0. The molecule has 0 saturated carbocycles. The van der Waals surface area contributed by atoms with Gasteiger partial charge in [0.25, 0.3) is 0 Å². The van der Waals surface area contributed by atoms with Crippen molar-refractivity contribution in [2.75, 3.05) is 0 Å². The van der Waals surface area contributed by atoms with E-state index < -0.39 is 0 Å². The van der Waals surface area contributed by atoms with Gasteiger partial charge in [-0.1, -0.05) is 107 Å². The summed E-state index contributed by atoms with van der Waals surface area (Å²) >= 11 is 0. The van der Waals surface area contributed by atoms with Crippen molar-refractivity contribution in [3.63, 3.8) is 0 Å². The molecule has 0 fully saturated rings. The fourth-order valence-corrected chi connectivity index (χ4v) is 10.4. The van der Waals surface area contributed by atoms with Crippen LogP contribution in [-0.4, -0.2) is 0 Å². The van der Waals surface area contributed by atoms with E-state index in [9.17, 15) is 0 Å². The van der Waals surface area contributed by atoms with Gasteiger partial charge < -0.3 is 0 Å². The predicted octanol–water partition coefficient (Wildman–Crippen LogP) is 16.0. The Kier molecular flexibility index (Phi) is 9.37. The van der Waals surface area contributed by atoms with Crippen molar-refractivity contribution in [2.45, 2.75) is 83.1 Å². The molecule has 0 bridgehead atoms.